The first kappa shape index (κ1) is 11.8. The van der Waals surface area contributed by atoms with Crippen molar-refractivity contribution < 1.29 is 27.8 Å². The lowest BCUT2D eigenvalue weighted by molar-refractivity contribution is -0.275. The molecule has 0 spiro atoms. The van der Waals surface area contributed by atoms with E-state index in [1.165, 1.54) is 0 Å². The Balaban J connectivity index is 3.13. The number of carbonyl (C=O) groups excluding carboxylic acids is 1. The zero-order valence-electron chi connectivity index (χ0n) is 7.01. The van der Waals surface area contributed by atoms with Gasteiger partial charge in [-0.05, 0) is 28.1 Å². The molecule has 7 heteroatoms. The number of phenols is 1. The van der Waals surface area contributed by atoms with Crippen molar-refractivity contribution in [2.45, 2.75) is 6.36 Å². The topological polar surface area (TPSA) is 46.5 Å². The Kier molecular flexibility index (Phi) is 3.23. The minimum Gasteiger partial charge on any atom is -0.504 e. The van der Waals surface area contributed by atoms with Crippen LogP contribution < -0.4 is 4.74 Å². The van der Waals surface area contributed by atoms with Crippen molar-refractivity contribution in [1.29, 1.82) is 0 Å². The molecule has 1 aromatic rings. The van der Waals surface area contributed by atoms with Crippen LogP contribution in [-0.2, 0) is 0 Å². The maximum Gasteiger partial charge on any atom is 0.573 e. The van der Waals surface area contributed by atoms with Crippen LogP contribution in [0.4, 0.5) is 13.2 Å². The smallest absolute Gasteiger partial charge is 0.504 e. The predicted octanol–water partition coefficient (Wildman–Crippen LogP) is 2.87. The van der Waals surface area contributed by atoms with Gasteiger partial charge in [0.25, 0.3) is 0 Å². The van der Waals surface area contributed by atoms with Crippen LogP contribution in [0.5, 0.6) is 11.5 Å². The van der Waals surface area contributed by atoms with E-state index in [1.54, 1.807) is 0 Å². The summed E-state index contributed by atoms with van der Waals surface area (Å²) in [6.07, 6.45) is -4.57. The van der Waals surface area contributed by atoms with Gasteiger partial charge in [0, 0.05) is 10.0 Å². The van der Waals surface area contributed by atoms with E-state index in [0.29, 0.717) is 6.29 Å². The Morgan fingerprint density at radius 1 is 1.40 bits per heavy atom. The Labute approximate surface area is 90.6 Å². The van der Waals surface area contributed by atoms with E-state index < -0.39 is 17.9 Å². The van der Waals surface area contributed by atoms with Gasteiger partial charge in [-0.3, -0.25) is 4.79 Å². The summed E-state index contributed by atoms with van der Waals surface area (Å²) in [4.78, 5) is 10.4. The Morgan fingerprint density at radius 3 is 2.47 bits per heavy atom. The van der Waals surface area contributed by atoms with Gasteiger partial charge in [0.15, 0.2) is 17.8 Å². The molecule has 0 radical (unpaired) electrons. The number of halogens is 4. The van der Waals surface area contributed by atoms with E-state index in [9.17, 15) is 18.0 Å². The van der Waals surface area contributed by atoms with Gasteiger partial charge in [0.1, 0.15) is 0 Å². The SMILES string of the molecule is O=Cc1cc(OC(F)(F)F)c(O)cc1Br. The normalized spacial score (nSPS) is 11.2. The van der Waals surface area contributed by atoms with Crippen molar-refractivity contribution in [3.8, 4) is 11.5 Å². The van der Waals surface area contributed by atoms with E-state index in [1.807, 2.05) is 0 Å². The number of alkyl halides is 3. The monoisotopic (exact) mass is 284 g/mol. The van der Waals surface area contributed by atoms with Crippen LogP contribution in [0.1, 0.15) is 10.4 Å². The maximum absolute atomic E-state index is 11.8. The van der Waals surface area contributed by atoms with E-state index in [4.69, 9.17) is 5.11 Å². The highest BCUT2D eigenvalue weighted by Gasteiger charge is 2.32. The number of rotatable bonds is 2. The number of hydrogen-bond acceptors (Lipinski definition) is 3. The average molecular weight is 285 g/mol. The molecule has 0 fully saturated rings. The molecule has 3 nitrogen and oxygen atoms in total. The number of carbonyl (C=O) groups is 1. The standard InChI is InChI=1S/C8H4BrF3O3/c9-5-2-6(14)7(1-4(5)3-13)15-8(10,11)12/h1-3,14H. The summed E-state index contributed by atoms with van der Waals surface area (Å²) in [5, 5.41) is 9.10. The molecular formula is C8H4BrF3O3. The van der Waals surface area contributed by atoms with Gasteiger partial charge in [-0.15, -0.1) is 13.2 Å². The lowest BCUT2D eigenvalue weighted by Gasteiger charge is -2.11. The summed E-state index contributed by atoms with van der Waals surface area (Å²) in [5.41, 5.74) is -0.0490. The second-order valence-corrected chi connectivity index (χ2v) is 3.36. The second kappa shape index (κ2) is 4.09. The molecular weight excluding hydrogens is 281 g/mol. The van der Waals surface area contributed by atoms with Crippen molar-refractivity contribution in [3.63, 3.8) is 0 Å². The third kappa shape index (κ3) is 3.12. The van der Waals surface area contributed by atoms with Crippen LogP contribution >= 0.6 is 15.9 Å². The molecule has 0 aliphatic heterocycles. The minimum absolute atomic E-state index is 0.0490. The fourth-order valence-electron chi connectivity index (χ4n) is 0.855. The molecule has 1 N–H and O–H groups in total. The van der Waals surface area contributed by atoms with E-state index in [-0.39, 0.29) is 10.0 Å². The summed E-state index contributed by atoms with van der Waals surface area (Å²) in [5.74, 6) is -1.52. The lowest BCUT2D eigenvalue weighted by Crippen LogP contribution is -2.17. The van der Waals surface area contributed by atoms with Crippen molar-refractivity contribution in [2.75, 3.05) is 0 Å². The van der Waals surface area contributed by atoms with Crippen molar-refractivity contribution >= 4 is 22.2 Å². The quantitative estimate of drug-likeness (QED) is 0.850. The van der Waals surface area contributed by atoms with Crippen molar-refractivity contribution in [2.24, 2.45) is 0 Å². The highest BCUT2D eigenvalue weighted by atomic mass is 79.9. The van der Waals surface area contributed by atoms with Crippen molar-refractivity contribution in [3.05, 3.63) is 22.2 Å². The molecule has 0 aliphatic carbocycles. The zero-order chi connectivity index (χ0) is 11.6. The van der Waals surface area contributed by atoms with Gasteiger partial charge in [-0.25, -0.2) is 0 Å². The number of aldehydes is 1. The molecule has 1 rings (SSSR count). The Morgan fingerprint density at radius 2 is 2.00 bits per heavy atom. The van der Waals surface area contributed by atoms with Gasteiger partial charge in [0.2, 0.25) is 0 Å². The third-order valence-corrected chi connectivity index (χ3v) is 2.12. The van der Waals surface area contributed by atoms with Gasteiger partial charge in [-0.2, -0.15) is 0 Å². The molecule has 0 atom stereocenters. The van der Waals surface area contributed by atoms with Gasteiger partial charge in [-0.1, -0.05) is 0 Å². The van der Waals surface area contributed by atoms with Gasteiger partial charge < -0.3 is 9.84 Å². The molecule has 0 heterocycles. The number of aromatic hydroxyl groups is 1. The molecule has 15 heavy (non-hydrogen) atoms. The average Bonchev–Trinajstić information content (AvgIpc) is 2.07. The van der Waals surface area contributed by atoms with E-state index in [2.05, 4.69) is 20.7 Å². The summed E-state index contributed by atoms with van der Waals surface area (Å²) >= 11 is 2.89. The maximum atomic E-state index is 11.8. The highest BCUT2D eigenvalue weighted by Crippen LogP contribution is 2.35. The summed E-state index contributed by atoms with van der Waals surface area (Å²) in [6.45, 7) is 0. The first-order valence-corrected chi connectivity index (χ1v) is 4.36. The molecule has 0 unspecified atom stereocenters. The predicted molar refractivity (Wildman–Crippen MR) is 47.9 cm³/mol. The van der Waals surface area contributed by atoms with Crippen LogP contribution in [0.15, 0.2) is 16.6 Å². The van der Waals surface area contributed by atoms with Crippen LogP contribution in [0, 0.1) is 0 Å². The largest absolute Gasteiger partial charge is 0.573 e. The van der Waals surface area contributed by atoms with Crippen LogP contribution in [0.3, 0.4) is 0 Å². The van der Waals surface area contributed by atoms with Gasteiger partial charge >= 0.3 is 6.36 Å². The van der Waals surface area contributed by atoms with Crippen LogP contribution in [0.2, 0.25) is 0 Å². The minimum atomic E-state index is -4.91. The van der Waals surface area contributed by atoms with Crippen LogP contribution in [0.25, 0.3) is 0 Å². The Bertz CT molecular complexity index is 389. The first-order valence-electron chi connectivity index (χ1n) is 3.57. The third-order valence-electron chi connectivity index (χ3n) is 1.43. The lowest BCUT2D eigenvalue weighted by atomic mass is 10.2. The molecule has 0 saturated heterocycles. The highest BCUT2D eigenvalue weighted by molar-refractivity contribution is 9.10. The zero-order valence-corrected chi connectivity index (χ0v) is 8.59. The molecule has 0 amide bonds. The number of hydrogen-bond donors (Lipinski definition) is 1. The van der Waals surface area contributed by atoms with E-state index >= 15 is 0 Å². The number of benzene rings is 1. The number of phenolic OH excluding ortho intramolecular Hbond substituents is 1. The summed E-state index contributed by atoms with van der Waals surface area (Å²) in [6, 6.07) is 1.74. The summed E-state index contributed by atoms with van der Waals surface area (Å²) < 4.78 is 39.2. The van der Waals surface area contributed by atoms with Crippen LogP contribution in [-0.4, -0.2) is 17.8 Å². The molecule has 0 bridgehead atoms. The first-order chi connectivity index (χ1) is 6.83. The number of ether oxygens (including phenoxy) is 1. The van der Waals surface area contributed by atoms with Gasteiger partial charge in [0.05, 0.1) is 0 Å². The second-order valence-electron chi connectivity index (χ2n) is 2.51. The van der Waals surface area contributed by atoms with Crippen molar-refractivity contribution in [1.82, 2.24) is 0 Å². The molecule has 0 saturated carbocycles. The molecule has 82 valence electrons. The molecule has 0 aliphatic rings. The summed E-state index contributed by atoms with van der Waals surface area (Å²) in [7, 11) is 0. The molecule has 1 aromatic carbocycles. The molecule has 0 aromatic heterocycles. The fraction of sp³-hybridized carbons (Fsp3) is 0.125. The Hall–Kier alpha value is -1.24. The van der Waals surface area contributed by atoms with E-state index in [0.717, 1.165) is 12.1 Å². The fourth-order valence-corrected chi connectivity index (χ4v) is 1.28.